The predicted molar refractivity (Wildman–Crippen MR) is 48.1 cm³/mol. The molecule has 0 spiro atoms. The Morgan fingerprint density at radius 3 is 3.08 bits per heavy atom. The number of hydrogen-bond acceptors (Lipinski definition) is 3. The summed E-state index contributed by atoms with van der Waals surface area (Å²) >= 11 is 0. The summed E-state index contributed by atoms with van der Waals surface area (Å²) in [4.78, 5) is 15.8. The molecule has 6 nitrogen and oxygen atoms in total. The molecule has 0 saturated carbocycles. The van der Waals surface area contributed by atoms with Crippen molar-refractivity contribution in [3.05, 3.63) is 10.4 Å². The third kappa shape index (κ3) is 3.31. The van der Waals surface area contributed by atoms with Gasteiger partial charge < -0.3 is 5.32 Å². The molecule has 1 heterocycles. The van der Waals surface area contributed by atoms with Crippen molar-refractivity contribution in [3.63, 3.8) is 0 Å². The van der Waals surface area contributed by atoms with Crippen LogP contribution in [-0.4, -0.2) is 43.5 Å². The first kappa shape index (κ1) is 9.83. The van der Waals surface area contributed by atoms with Crippen LogP contribution in [0.25, 0.3) is 10.4 Å². The molecule has 0 aromatic rings. The fourth-order valence-corrected chi connectivity index (χ4v) is 1.03. The Hall–Kier alpha value is -1.26. The number of carbonyl (C=O) groups excluding carboxylic acids is 1. The zero-order chi connectivity index (χ0) is 9.68. The molecule has 1 saturated heterocycles. The van der Waals surface area contributed by atoms with E-state index in [4.69, 9.17) is 5.53 Å². The predicted octanol–water partition coefficient (Wildman–Crippen LogP) is 0.117. The minimum atomic E-state index is 0.0690. The first-order chi connectivity index (χ1) is 6.25. The van der Waals surface area contributed by atoms with Gasteiger partial charge in [-0.1, -0.05) is 5.11 Å². The molecule has 1 aliphatic heterocycles. The molecule has 0 aliphatic carbocycles. The van der Waals surface area contributed by atoms with Crippen LogP contribution in [-0.2, 0) is 4.79 Å². The number of rotatable bonds is 5. The van der Waals surface area contributed by atoms with E-state index in [-0.39, 0.29) is 11.9 Å². The third-order valence-corrected chi connectivity index (χ3v) is 1.96. The molecule has 1 rings (SSSR count). The average molecular weight is 183 g/mol. The van der Waals surface area contributed by atoms with Crippen LogP contribution in [0.15, 0.2) is 5.11 Å². The van der Waals surface area contributed by atoms with Crippen LogP contribution in [0.1, 0.15) is 6.42 Å². The maximum atomic E-state index is 11.2. The van der Waals surface area contributed by atoms with Gasteiger partial charge in [0.1, 0.15) is 6.04 Å². The van der Waals surface area contributed by atoms with E-state index in [0.29, 0.717) is 19.5 Å². The van der Waals surface area contributed by atoms with Gasteiger partial charge >= 0.3 is 0 Å². The van der Waals surface area contributed by atoms with Crippen molar-refractivity contribution in [2.75, 3.05) is 26.7 Å². The van der Waals surface area contributed by atoms with Crippen LogP contribution in [0.4, 0.5) is 0 Å². The fourth-order valence-electron chi connectivity index (χ4n) is 1.03. The molecular weight excluding hydrogens is 170 g/mol. The molecule has 13 heavy (non-hydrogen) atoms. The smallest absolute Gasteiger partial charge is 0.238 e. The molecule has 2 unspecified atom stereocenters. The van der Waals surface area contributed by atoms with Crippen molar-refractivity contribution >= 4 is 5.91 Å². The highest BCUT2D eigenvalue weighted by Gasteiger charge is 2.36. The van der Waals surface area contributed by atoms with Gasteiger partial charge in [0, 0.05) is 24.5 Å². The summed E-state index contributed by atoms with van der Waals surface area (Å²) in [6, 6.07) is 0.0690. The van der Waals surface area contributed by atoms with Crippen molar-refractivity contribution < 1.29 is 4.79 Å². The SMILES string of the molecule is CN1CC1C(=O)NCCCN=[N+]=[N-]. The van der Waals surface area contributed by atoms with Gasteiger partial charge in [-0.15, -0.1) is 0 Å². The van der Waals surface area contributed by atoms with Gasteiger partial charge in [0.25, 0.3) is 0 Å². The van der Waals surface area contributed by atoms with Crippen molar-refractivity contribution in [1.82, 2.24) is 10.2 Å². The van der Waals surface area contributed by atoms with E-state index in [0.717, 1.165) is 6.54 Å². The molecule has 0 aromatic heterocycles. The first-order valence-corrected chi connectivity index (χ1v) is 4.24. The Labute approximate surface area is 76.5 Å². The summed E-state index contributed by atoms with van der Waals surface area (Å²) in [6.45, 7) is 1.88. The summed E-state index contributed by atoms with van der Waals surface area (Å²) in [6.07, 6.45) is 0.701. The highest BCUT2D eigenvalue weighted by molar-refractivity contribution is 5.84. The lowest BCUT2D eigenvalue weighted by Gasteiger charge is -2.01. The van der Waals surface area contributed by atoms with Crippen LogP contribution in [0.5, 0.6) is 0 Å². The molecule has 1 amide bonds. The number of carbonyl (C=O) groups is 1. The highest BCUT2D eigenvalue weighted by Crippen LogP contribution is 2.12. The Morgan fingerprint density at radius 2 is 2.54 bits per heavy atom. The lowest BCUT2D eigenvalue weighted by Crippen LogP contribution is -2.30. The molecule has 1 aliphatic rings. The second kappa shape index (κ2) is 4.69. The van der Waals surface area contributed by atoms with Crippen LogP contribution in [0, 0.1) is 0 Å². The Balaban J connectivity index is 1.99. The largest absolute Gasteiger partial charge is 0.355 e. The van der Waals surface area contributed by atoms with Crippen molar-refractivity contribution in [3.8, 4) is 0 Å². The van der Waals surface area contributed by atoms with Crippen LogP contribution >= 0.6 is 0 Å². The van der Waals surface area contributed by atoms with Crippen LogP contribution in [0.2, 0.25) is 0 Å². The average Bonchev–Trinajstić information content (AvgIpc) is 2.82. The maximum absolute atomic E-state index is 11.2. The standard InChI is InChI=1S/C7H13N5O/c1-12-5-6(12)7(13)9-3-2-4-10-11-8/h6H,2-5H2,1H3,(H,9,13). The summed E-state index contributed by atoms with van der Waals surface area (Å²) < 4.78 is 0. The number of nitrogens with zero attached hydrogens (tertiary/aromatic N) is 4. The normalized spacial score (nSPS) is 24.7. The van der Waals surface area contributed by atoms with E-state index in [1.54, 1.807) is 0 Å². The van der Waals surface area contributed by atoms with E-state index in [2.05, 4.69) is 15.3 Å². The zero-order valence-corrected chi connectivity index (χ0v) is 7.60. The Morgan fingerprint density at radius 1 is 1.85 bits per heavy atom. The first-order valence-electron chi connectivity index (χ1n) is 4.24. The quantitative estimate of drug-likeness (QED) is 0.216. The number of azide groups is 1. The van der Waals surface area contributed by atoms with E-state index in [9.17, 15) is 4.79 Å². The van der Waals surface area contributed by atoms with Gasteiger partial charge in [0.05, 0.1) is 0 Å². The minimum Gasteiger partial charge on any atom is -0.355 e. The summed E-state index contributed by atoms with van der Waals surface area (Å²) in [5.41, 5.74) is 7.97. The minimum absolute atomic E-state index is 0.0690. The second-order valence-corrected chi connectivity index (χ2v) is 3.05. The van der Waals surface area contributed by atoms with E-state index < -0.39 is 0 Å². The number of hydrogen-bond donors (Lipinski definition) is 1. The van der Waals surface area contributed by atoms with Crippen LogP contribution in [0.3, 0.4) is 0 Å². The lowest BCUT2D eigenvalue weighted by molar-refractivity contribution is -0.121. The van der Waals surface area contributed by atoms with Gasteiger partial charge in [-0.25, -0.2) is 0 Å². The molecular formula is C7H13N5O. The summed E-state index contributed by atoms with van der Waals surface area (Å²) in [7, 11) is 1.91. The fraction of sp³-hybridized carbons (Fsp3) is 0.857. The Bertz CT molecular complexity index is 235. The van der Waals surface area contributed by atoms with Crippen LogP contribution < -0.4 is 5.32 Å². The molecule has 1 N–H and O–H groups in total. The summed E-state index contributed by atoms with van der Waals surface area (Å²) in [5, 5.41) is 6.13. The van der Waals surface area contributed by atoms with E-state index >= 15 is 0 Å². The molecule has 72 valence electrons. The van der Waals surface area contributed by atoms with Crippen molar-refractivity contribution in [2.45, 2.75) is 12.5 Å². The third-order valence-electron chi connectivity index (χ3n) is 1.96. The lowest BCUT2D eigenvalue weighted by atomic mass is 10.4. The maximum Gasteiger partial charge on any atom is 0.238 e. The van der Waals surface area contributed by atoms with Gasteiger partial charge in [-0.3, -0.25) is 9.69 Å². The molecule has 2 atom stereocenters. The number of amides is 1. The number of likely N-dealkylation sites (N-methyl/N-ethyl adjacent to an activating group) is 1. The van der Waals surface area contributed by atoms with E-state index in [1.807, 2.05) is 11.9 Å². The number of nitrogens with one attached hydrogen (secondary N) is 1. The van der Waals surface area contributed by atoms with Gasteiger partial charge in [0.2, 0.25) is 5.91 Å². The van der Waals surface area contributed by atoms with Crippen molar-refractivity contribution in [2.24, 2.45) is 5.11 Å². The highest BCUT2D eigenvalue weighted by atomic mass is 16.2. The molecule has 0 radical (unpaired) electrons. The van der Waals surface area contributed by atoms with Gasteiger partial charge in [0.15, 0.2) is 0 Å². The second-order valence-electron chi connectivity index (χ2n) is 3.05. The zero-order valence-electron chi connectivity index (χ0n) is 7.60. The van der Waals surface area contributed by atoms with Gasteiger partial charge in [-0.05, 0) is 19.0 Å². The van der Waals surface area contributed by atoms with E-state index in [1.165, 1.54) is 0 Å². The molecule has 0 bridgehead atoms. The van der Waals surface area contributed by atoms with Crippen molar-refractivity contribution in [1.29, 1.82) is 0 Å². The molecule has 1 fully saturated rings. The topological polar surface area (TPSA) is 80.9 Å². The summed E-state index contributed by atoms with van der Waals surface area (Å²) in [5.74, 6) is 0.0726. The molecule has 0 aromatic carbocycles. The van der Waals surface area contributed by atoms with Gasteiger partial charge in [-0.2, -0.15) is 0 Å². The Kier molecular flexibility index (Phi) is 3.54. The monoisotopic (exact) mass is 183 g/mol. The molecule has 6 heteroatoms.